The normalized spacial score (nSPS) is 15.2. The zero-order valence-corrected chi connectivity index (χ0v) is 7.40. The number of hydrogen-bond acceptors (Lipinski definition) is 2. The first-order valence-corrected chi connectivity index (χ1v) is 4.10. The molecule has 1 unspecified atom stereocenters. The number of aliphatic hydroxyl groups excluding tert-OH is 1. The van der Waals surface area contributed by atoms with Crippen LogP contribution in [0.4, 0.5) is 0 Å². The van der Waals surface area contributed by atoms with Crippen molar-refractivity contribution in [2.45, 2.75) is 26.1 Å². The summed E-state index contributed by atoms with van der Waals surface area (Å²) in [6.45, 7) is 3.56. The van der Waals surface area contributed by atoms with Gasteiger partial charge in [0.2, 0.25) is 0 Å². The summed E-state index contributed by atoms with van der Waals surface area (Å²) in [6.07, 6.45) is -0.599. The van der Waals surface area contributed by atoms with Gasteiger partial charge in [-0.1, -0.05) is 18.2 Å². The van der Waals surface area contributed by atoms with E-state index in [1.165, 1.54) is 0 Å². The lowest BCUT2D eigenvalue weighted by atomic mass is 10.2. The van der Waals surface area contributed by atoms with Crippen LogP contribution >= 0.6 is 0 Å². The molecule has 2 heteroatoms. The van der Waals surface area contributed by atoms with Crippen molar-refractivity contribution >= 4 is 0 Å². The van der Waals surface area contributed by atoms with Crippen molar-refractivity contribution < 1.29 is 9.84 Å². The highest BCUT2D eigenvalue weighted by Gasteiger charge is 2.09. The number of para-hydroxylation sites is 1. The molecule has 12 heavy (non-hydrogen) atoms. The molecule has 0 bridgehead atoms. The van der Waals surface area contributed by atoms with E-state index in [9.17, 15) is 0 Å². The van der Waals surface area contributed by atoms with E-state index in [2.05, 4.69) is 0 Å². The van der Waals surface area contributed by atoms with Gasteiger partial charge in [-0.3, -0.25) is 0 Å². The number of rotatable bonds is 3. The molecule has 2 nitrogen and oxygen atoms in total. The highest BCUT2D eigenvalue weighted by atomic mass is 16.5. The maximum Gasteiger partial charge on any atom is 0.121 e. The molecule has 0 aromatic heterocycles. The molecule has 66 valence electrons. The number of aliphatic hydroxyl groups is 1. The minimum absolute atomic E-state index is 0.160. The lowest BCUT2D eigenvalue weighted by molar-refractivity contribution is 0.0604. The van der Waals surface area contributed by atoms with E-state index in [0.717, 1.165) is 5.75 Å². The SMILES string of the molecule is CC(Oc1ccccc1)[C@H](C)O. The van der Waals surface area contributed by atoms with Crippen LogP contribution in [0.5, 0.6) is 5.75 Å². The fraction of sp³-hybridized carbons (Fsp3) is 0.400. The first-order valence-electron chi connectivity index (χ1n) is 4.10. The molecule has 0 saturated heterocycles. The molecule has 1 rings (SSSR count). The van der Waals surface area contributed by atoms with Gasteiger partial charge in [0, 0.05) is 0 Å². The van der Waals surface area contributed by atoms with Crippen LogP contribution in [0.3, 0.4) is 0 Å². The maximum absolute atomic E-state index is 9.16. The fourth-order valence-electron chi connectivity index (χ4n) is 0.812. The highest BCUT2D eigenvalue weighted by molar-refractivity contribution is 5.21. The average Bonchev–Trinajstić information content (AvgIpc) is 2.06. The molecule has 0 aliphatic carbocycles. The van der Waals surface area contributed by atoms with Gasteiger partial charge in [-0.2, -0.15) is 0 Å². The predicted octanol–water partition coefficient (Wildman–Crippen LogP) is 1.83. The van der Waals surface area contributed by atoms with Gasteiger partial charge in [0.15, 0.2) is 0 Å². The second-order valence-electron chi connectivity index (χ2n) is 2.88. The van der Waals surface area contributed by atoms with Crippen LogP contribution in [0, 0.1) is 0 Å². The molecule has 2 atom stereocenters. The third-order valence-corrected chi connectivity index (χ3v) is 1.74. The molecule has 1 N–H and O–H groups in total. The molecule has 0 spiro atoms. The Morgan fingerprint density at radius 2 is 1.75 bits per heavy atom. The molecule has 0 fully saturated rings. The number of benzene rings is 1. The molecule has 0 radical (unpaired) electrons. The van der Waals surface area contributed by atoms with Gasteiger partial charge in [0.05, 0.1) is 6.10 Å². The summed E-state index contributed by atoms with van der Waals surface area (Å²) in [5, 5.41) is 9.16. The molecule has 0 saturated carbocycles. The summed E-state index contributed by atoms with van der Waals surface area (Å²) in [6, 6.07) is 9.49. The number of ether oxygens (including phenoxy) is 1. The molecule has 1 aromatic rings. The Labute approximate surface area is 72.8 Å². The van der Waals surface area contributed by atoms with Crippen molar-refractivity contribution in [2.75, 3.05) is 0 Å². The first-order chi connectivity index (χ1) is 5.70. The van der Waals surface area contributed by atoms with E-state index in [1.807, 2.05) is 37.3 Å². The Balaban J connectivity index is 2.53. The maximum atomic E-state index is 9.16. The zero-order valence-electron chi connectivity index (χ0n) is 7.40. The van der Waals surface area contributed by atoms with E-state index in [0.29, 0.717) is 0 Å². The van der Waals surface area contributed by atoms with Crippen molar-refractivity contribution in [1.29, 1.82) is 0 Å². The fourth-order valence-corrected chi connectivity index (χ4v) is 0.812. The minimum atomic E-state index is -0.440. The standard InChI is InChI=1S/C10H14O2/c1-8(11)9(2)12-10-6-4-3-5-7-10/h3-9,11H,1-2H3/t8-,9?/m0/s1. The largest absolute Gasteiger partial charge is 0.488 e. The first kappa shape index (κ1) is 9.07. The van der Waals surface area contributed by atoms with Crippen molar-refractivity contribution in [2.24, 2.45) is 0 Å². The molecular weight excluding hydrogens is 152 g/mol. The van der Waals surface area contributed by atoms with Crippen LogP contribution in [-0.2, 0) is 0 Å². The van der Waals surface area contributed by atoms with Crippen LogP contribution in [0.2, 0.25) is 0 Å². The Morgan fingerprint density at radius 3 is 2.25 bits per heavy atom. The van der Waals surface area contributed by atoms with Gasteiger partial charge < -0.3 is 9.84 Å². The van der Waals surface area contributed by atoms with E-state index < -0.39 is 6.10 Å². The van der Waals surface area contributed by atoms with Crippen LogP contribution in [-0.4, -0.2) is 17.3 Å². The number of hydrogen-bond donors (Lipinski definition) is 1. The second-order valence-corrected chi connectivity index (χ2v) is 2.88. The van der Waals surface area contributed by atoms with Gasteiger partial charge in [-0.15, -0.1) is 0 Å². The lowest BCUT2D eigenvalue weighted by Gasteiger charge is -2.16. The Kier molecular flexibility index (Phi) is 3.11. The quantitative estimate of drug-likeness (QED) is 0.742. The van der Waals surface area contributed by atoms with Gasteiger partial charge in [-0.25, -0.2) is 0 Å². The van der Waals surface area contributed by atoms with Crippen molar-refractivity contribution in [3.63, 3.8) is 0 Å². The smallest absolute Gasteiger partial charge is 0.121 e. The molecule has 0 aliphatic rings. The zero-order chi connectivity index (χ0) is 8.97. The van der Waals surface area contributed by atoms with E-state index in [1.54, 1.807) is 6.92 Å². The van der Waals surface area contributed by atoms with Crippen LogP contribution in [0.1, 0.15) is 13.8 Å². The molecule has 0 heterocycles. The average molecular weight is 166 g/mol. The Hall–Kier alpha value is -1.02. The van der Waals surface area contributed by atoms with E-state index in [4.69, 9.17) is 9.84 Å². The van der Waals surface area contributed by atoms with Crippen LogP contribution in [0.15, 0.2) is 30.3 Å². The van der Waals surface area contributed by atoms with Gasteiger partial charge >= 0.3 is 0 Å². The highest BCUT2D eigenvalue weighted by Crippen LogP contribution is 2.11. The summed E-state index contributed by atoms with van der Waals surface area (Å²) in [7, 11) is 0. The van der Waals surface area contributed by atoms with Crippen LogP contribution in [0.25, 0.3) is 0 Å². The Bertz CT molecular complexity index is 219. The van der Waals surface area contributed by atoms with E-state index >= 15 is 0 Å². The summed E-state index contributed by atoms with van der Waals surface area (Å²) in [5.41, 5.74) is 0. The van der Waals surface area contributed by atoms with Gasteiger partial charge in [0.1, 0.15) is 11.9 Å². The second kappa shape index (κ2) is 4.12. The van der Waals surface area contributed by atoms with E-state index in [-0.39, 0.29) is 6.10 Å². The molecule has 0 aliphatic heterocycles. The summed E-state index contributed by atoms with van der Waals surface area (Å²) in [5.74, 6) is 0.797. The summed E-state index contributed by atoms with van der Waals surface area (Å²) >= 11 is 0. The van der Waals surface area contributed by atoms with Gasteiger partial charge in [-0.05, 0) is 26.0 Å². The van der Waals surface area contributed by atoms with Crippen molar-refractivity contribution in [3.8, 4) is 5.75 Å². The third kappa shape index (κ3) is 2.55. The predicted molar refractivity (Wildman–Crippen MR) is 48.2 cm³/mol. The third-order valence-electron chi connectivity index (χ3n) is 1.74. The Morgan fingerprint density at radius 1 is 1.17 bits per heavy atom. The summed E-state index contributed by atoms with van der Waals surface area (Å²) in [4.78, 5) is 0. The van der Waals surface area contributed by atoms with Crippen LogP contribution < -0.4 is 4.74 Å². The van der Waals surface area contributed by atoms with Crippen molar-refractivity contribution in [3.05, 3.63) is 30.3 Å². The van der Waals surface area contributed by atoms with Crippen molar-refractivity contribution in [1.82, 2.24) is 0 Å². The topological polar surface area (TPSA) is 29.5 Å². The molecule has 0 amide bonds. The molecular formula is C10H14O2. The van der Waals surface area contributed by atoms with Gasteiger partial charge in [0.25, 0.3) is 0 Å². The summed E-state index contributed by atoms with van der Waals surface area (Å²) < 4.78 is 5.43. The monoisotopic (exact) mass is 166 g/mol. The lowest BCUT2D eigenvalue weighted by Crippen LogP contribution is -2.25. The minimum Gasteiger partial charge on any atom is -0.488 e. The molecule has 1 aromatic carbocycles.